The van der Waals surface area contributed by atoms with Crippen molar-refractivity contribution in [3.05, 3.63) is 0 Å². The molecule has 0 saturated heterocycles. The lowest BCUT2D eigenvalue weighted by atomic mass is 9.84. The molecule has 0 aromatic carbocycles. The van der Waals surface area contributed by atoms with Gasteiger partial charge >= 0.3 is 0 Å². The molecule has 2 heteroatoms. The fraction of sp³-hybridized carbons (Fsp3) is 1.00. The average Bonchev–Trinajstić information content (AvgIpc) is 2.03. The van der Waals surface area contributed by atoms with Crippen molar-refractivity contribution >= 4 is 0 Å². The topological polar surface area (TPSA) is 18.5 Å². The Labute approximate surface area is 82.6 Å². The third-order valence-electron chi connectivity index (χ3n) is 2.43. The third-order valence-corrected chi connectivity index (χ3v) is 2.43. The van der Waals surface area contributed by atoms with Gasteiger partial charge in [0.15, 0.2) is 6.29 Å². The van der Waals surface area contributed by atoms with Crippen molar-refractivity contribution in [2.24, 2.45) is 11.3 Å². The van der Waals surface area contributed by atoms with Gasteiger partial charge in [0.2, 0.25) is 0 Å². The Morgan fingerprint density at radius 1 is 1.08 bits per heavy atom. The van der Waals surface area contributed by atoms with E-state index in [4.69, 9.17) is 9.47 Å². The molecule has 2 nitrogen and oxygen atoms in total. The summed E-state index contributed by atoms with van der Waals surface area (Å²) in [6.07, 6.45) is 2.26. The number of ether oxygens (including phenoxy) is 2. The zero-order valence-electron chi connectivity index (χ0n) is 9.89. The number of hydrogen-bond donors (Lipinski definition) is 0. The number of methoxy groups -OCH3 is 2. The Bertz CT molecular complexity index is 126. The van der Waals surface area contributed by atoms with Gasteiger partial charge in [0.05, 0.1) is 0 Å². The molecule has 0 aliphatic rings. The first-order valence-corrected chi connectivity index (χ1v) is 4.99. The van der Waals surface area contributed by atoms with Crippen LogP contribution in [-0.2, 0) is 9.47 Å². The minimum atomic E-state index is -0.0914. The van der Waals surface area contributed by atoms with Gasteiger partial charge in [-0.3, -0.25) is 0 Å². The zero-order valence-corrected chi connectivity index (χ0v) is 9.89. The van der Waals surface area contributed by atoms with Crippen molar-refractivity contribution in [1.29, 1.82) is 0 Å². The Balaban J connectivity index is 4.03. The van der Waals surface area contributed by atoms with Gasteiger partial charge in [-0.1, -0.05) is 34.1 Å². The molecule has 0 fully saturated rings. The average molecular weight is 188 g/mol. The minimum absolute atomic E-state index is 0.0914. The largest absolute Gasteiger partial charge is 0.355 e. The van der Waals surface area contributed by atoms with Crippen LogP contribution in [0, 0.1) is 11.3 Å². The van der Waals surface area contributed by atoms with Crippen molar-refractivity contribution in [3.63, 3.8) is 0 Å². The molecule has 0 N–H and O–H groups in total. The summed E-state index contributed by atoms with van der Waals surface area (Å²) in [5.41, 5.74) is 0.105. The summed E-state index contributed by atoms with van der Waals surface area (Å²) in [6.45, 7) is 8.86. The van der Waals surface area contributed by atoms with Crippen molar-refractivity contribution in [2.75, 3.05) is 14.2 Å². The van der Waals surface area contributed by atoms with E-state index in [2.05, 4.69) is 27.7 Å². The number of hydrogen-bond acceptors (Lipinski definition) is 2. The summed E-state index contributed by atoms with van der Waals surface area (Å²) in [5.74, 6) is 0.744. The molecule has 0 aliphatic carbocycles. The van der Waals surface area contributed by atoms with Crippen LogP contribution in [0.2, 0.25) is 0 Å². The van der Waals surface area contributed by atoms with E-state index in [-0.39, 0.29) is 11.7 Å². The predicted octanol–water partition coefficient (Wildman–Crippen LogP) is 3.07. The second kappa shape index (κ2) is 5.61. The van der Waals surface area contributed by atoms with Gasteiger partial charge in [0.25, 0.3) is 0 Å². The first-order chi connectivity index (χ1) is 5.94. The lowest BCUT2D eigenvalue weighted by Crippen LogP contribution is -2.33. The van der Waals surface area contributed by atoms with Crippen LogP contribution in [0.5, 0.6) is 0 Å². The Morgan fingerprint density at radius 3 is 1.85 bits per heavy atom. The molecular weight excluding hydrogens is 164 g/mol. The van der Waals surface area contributed by atoms with Crippen LogP contribution >= 0.6 is 0 Å². The summed E-state index contributed by atoms with van der Waals surface area (Å²) >= 11 is 0. The maximum absolute atomic E-state index is 5.27. The van der Waals surface area contributed by atoms with E-state index in [1.165, 1.54) is 6.42 Å². The highest BCUT2D eigenvalue weighted by Crippen LogP contribution is 2.30. The second-order valence-electron chi connectivity index (χ2n) is 4.72. The standard InChI is InChI=1S/C11H24O2/c1-9(2)7-8-11(3,4)10(12-5)13-6/h9-10H,7-8H2,1-6H3. The van der Waals surface area contributed by atoms with Gasteiger partial charge in [-0.05, 0) is 12.3 Å². The van der Waals surface area contributed by atoms with Gasteiger partial charge in [-0.2, -0.15) is 0 Å². The van der Waals surface area contributed by atoms with Crippen molar-refractivity contribution in [1.82, 2.24) is 0 Å². The molecule has 0 atom stereocenters. The first-order valence-electron chi connectivity index (χ1n) is 4.99. The molecule has 0 radical (unpaired) electrons. The summed E-state index contributed by atoms with van der Waals surface area (Å²) in [6, 6.07) is 0. The monoisotopic (exact) mass is 188 g/mol. The van der Waals surface area contributed by atoms with Gasteiger partial charge in [-0.25, -0.2) is 0 Å². The quantitative estimate of drug-likeness (QED) is 0.596. The molecule has 13 heavy (non-hydrogen) atoms. The Kier molecular flexibility index (Phi) is 5.57. The van der Waals surface area contributed by atoms with Crippen LogP contribution in [0.4, 0.5) is 0 Å². The van der Waals surface area contributed by atoms with Gasteiger partial charge in [0.1, 0.15) is 0 Å². The predicted molar refractivity (Wildman–Crippen MR) is 55.7 cm³/mol. The summed E-state index contributed by atoms with van der Waals surface area (Å²) < 4.78 is 10.5. The Morgan fingerprint density at radius 2 is 1.54 bits per heavy atom. The lowest BCUT2D eigenvalue weighted by Gasteiger charge is -2.32. The van der Waals surface area contributed by atoms with Gasteiger partial charge < -0.3 is 9.47 Å². The van der Waals surface area contributed by atoms with Crippen LogP contribution in [0.25, 0.3) is 0 Å². The fourth-order valence-electron chi connectivity index (χ4n) is 1.51. The SMILES string of the molecule is COC(OC)C(C)(C)CCC(C)C. The first kappa shape index (κ1) is 12.9. The van der Waals surface area contributed by atoms with Crippen molar-refractivity contribution in [2.45, 2.75) is 46.8 Å². The molecule has 0 heterocycles. The molecule has 0 rings (SSSR count). The maximum Gasteiger partial charge on any atom is 0.161 e. The van der Waals surface area contributed by atoms with Crippen LogP contribution in [0.15, 0.2) is 0 Å². The molecule has 0 saturated carbocycles. The molecular formula is C11H24O2. The molecule has 0 amide bonds. The highest BCUT2D eigenvalue weighted by atomic mass is 16.7. The van der Waals surface area contributed by atoms with Crippen LogP contribution in [-0.4, -0.2) is 20.5 Å². The van der Waals surface area contributed by atoms with E-state index < -0.39 is 0 Å². The fourth-order valence-corrected chi connectivity index (χ4v) is 1.51. The minimum Gasteiger partial charge on any atom is -0.355 e. The van der Waals surface area contributed by atoms with Crippen molar-refractivity contribution in [3.8, 4) is 0 Å². The smallest absolute Gasteiger partial charge is 0.161 e. The van der Waals surface area contributed by atoms with E-state index in [0.29, 0.717) is 0 Å². The lowest BCUT2D eigenvalue weighted by molar-refractivity contribution is -0.170. The summed E-state index contributed by atoms with van der Waals surface area (Å²) in [7, 11) is 3.40. The Hall–Kier alpha value is -0.0800. The maximum atomic E-state index is 5.27. The molecule has 80 valence electrons. The van der Waals surface area contributed by atoms with Crippen LogP contribution in [0.3, 0.4) is 0 Å². The van der Waals surface area contributed by atoms with Crippen LogP contribution < -0.4 is 0 Å². The van der Waals surface area contributed by atoms with E-state index >= 15 is 0 Å². The van der Waals surface area contributed by atoms with E-state index in [9.17, 15) is 0 Å². The second-order valence-corrected chi connectivity index (χ2v) is 4.72. The molecule has 0 aromatic heterocycles. The van der Waals surface area contributed by atoms with E-state index in [1.54, 1.807) is 14.2 Å². The number of rotatable bonds is 6. The van der Waals surface area contributed by atoms with Gasteiger partial charge in [0, 0.05) is 19.6 Å². The van der Waals surface area contributed by atoms with E-state index in [1.807, 2.05) is 0 Å². The molecule has 0 spiro atoms. The molecule has 0 unspecified atom stereocenters. The highest BCUT2D eigenvalue weighted by Gasteiger charge is 2.29. The molecule has 0 aromatic rings. The molecule has 0 aliphatic heterocycles. The van der Waals surface area contributed by atoms with Crippen LogP contribution in [0.1, 0.15) is 40.5 Å². The highest BCUT2D eigenvalue weighted by molar-refractivity contribution is 4.73. The zero-order chi connectivity index (χ0) is 10.5. The van der Waals surface area contributed by atoms with Crippen molar-refractivity contribution < 1.29 is 9.47 Å². The van der Waals surface area contributed by atoms with Gasteiger partial charge in [-0.15, -0.1) is 0 Å². The normalized spacial score (nSPS) is 12.9. The summed E-state index contributed by atoms with van der Waals surface area (Å²) in [5, 5.41) is 0. The van der Waals surface area contributed by atoms with E-state index in [0.717, 1.165) is 12.3 Å². The summed E-state index contributed by atoms with van der Waals surface area (Å²) in [4.78, 5) is 0. The third kappa shape index (κ3) is 4.63. The molecule has 0 bridgehead atoms.